The Hall–Kier alpha value is -1.30. The van der Waals surface area contributed by atoms with Gasteiger partial charge in [-0.1, -0.05) is 12.8 Å². The van der Waals surface area contributed by atoms with Crippen LogP contribution < -0.4 is 9.47 Å². The number of nitrogens with zero attached hydrogens (tertiary/aromatic N) is 2. The molecule has 0 bridgehead atoms. The lowest BCUT2D eigenvalue weighted by atomic mass is 10.0. The lowest BCUT2D eigenvalue weighted by Crippen LogP contribution is -2.55. The zero-order valence-corrected chi connectivity index (χ0v) is 15.6. The van der Waals surface area contributed by atoms with E-state index in [2.05, 4.69) is 21.9 Å². The van der Waals surface area contributed by atoms with E-state index in [0.29, 0.717) is 6.04 Å². The zero-order valence-electron chi connectivity index (χ0n) is 15.6. The van der Waals surface area contributed by atoms with Crippen LogP contribution in [0.15, 0.2) is 18.2 Å². The van der Waals surface area contributed by atoms with Crippen LogP contribution in [-0.4, -0.2) is 67.5 Å². The van der Waals surface area contributed by atoms with Crippen molar-refractivity contribution in [3.8, 4) is 11.5 Å². The molecule has 1 aromatic carbocycles. The third-order valence-corrected chi connectivity index (χ3v) is 5.74. The molecule has 25 heavy (non-hydrogen) atoms. The fraction of sp³-hybridized carbons (Fsp3) is 0.700. The lowest BCUT2D eigenvalue weighted by Gasteiger charge is -2.44. The summed E-state index contributed by atoms with van der Waals surface area (Å²) in [5.74, 6) is 1.66. The molecule has 1 saturated heterocycles. The summed E-state index contributed by atoms with van der Waals surface area (Å²) in [5, 5.41) is 9.53. The fourth-order valence-corrected chi connectivity index (χ4v) is 4.34. The fourth-order valence-electron chi connectivity index (χ4n) is 4.34. The highest BCUT2D eigenvalue weighted by Gasteiger charge is 2.31. The second kappa shape index (κ2) is 8.88. The third-order valence-electron chi connectivity index (χ3n) is 5.74. The van der Waals surface area contributed by atoms with Crippen LogP contribution in [0.25, 0.3) is 0 Å². The molecule has 1 saturated carbocycles. The van der Waals surface area contributed by atoms with Gasteiger partial charge in [-0.2, -0.15) is 0 Å². The maximum absolute atomic E-state index is 9.53. The van der Waals surface area contributed by atoms with Crippen molar-refractivity contribution in [2.24, 2.45) is 0 Å². The summed E-state index contributed by atoms with van der Waals surface area (Å²) in [5.41, 5.74) is 1.20. The maximum Gasteiger partial charge on any atom is 0.122 e. The van der Waals surface area contributed by atoms with E-state index in [-0.39, 0.29) is 6.61 Å². The standard InChI is InChI=1S/C20H32N2O3/c1-24-19-11-16(12-20(13-19)25-2)14-21-8-9-22(15-18(21)7-10-23)17-5-3-4-6-17/h11-13,17-18,23H,3-10,14-15H2,1-2H3/t18-/m1/s1. The monoisotopic (exact) mass is 348 g/mol. The number of aliphatic hydroxyl groups excluding tert-OH is 1. The molecule has 1 atom stereocenters. The molecule has 1 aliphatic carbocycles. The first-order chi connectivity index (χ1) is 12.2. The van der Waals surface area contributed by atoms with E-state index in [1.54, 1.807) is 14.2 Å². The third kappa shape index (κ3) is 4.66. The van der Waals surface area contributed by atoms with Gasteiger partial charge in [-0.3, -0.25) is 9.80 Å². The van der Waals surface area contributed by atoms with Crippen molar-refractivity contribution in [3.05, 3.63) is 23.8 Å². The first kappa shape index (κ1) is 18.5. The molecule has 1 aromatic rings. The maximum atomic E-state index is 9.53. The van der Waals surface area contributed by atoms with Gasteiger partial charge in [0.1, 0.15) is 11.5 Å². The van der Waals surface area contributed by atoms with Crippen LogP contribution in [0.1, 0.15) is 37.7 Å². The van der Waals surface area contributed by atoms with E-state index in [1.807, 2.05) is 6.07 Å². The van der Waals surface area contributed by atoms with E-state index in [0.717, 1.165) is 50.1 Å². The number of methoxy groups -OCH3 is 2. The number of piperazine rings is 1. The van der Waals surface area contributed by atoms with Gasteiger partial charge in [0.05, 0.1) is 14.2 Å². The number of benzene rings is 1. The minimum absolute atomic E-state index is 0.251. The minimum atomic E-state index is 0.251. The van der Waals surface area contributed by atoms with Crippen molar-refractivity contribution in [1.29, 1.82) is 0 Å². The Kier molecular flexibility index (Phi) is 6.57. The number of rotatable bonds is 7. The Morgan fingerprint density at radius 1 is 1.04 bits per heavy atom. The second-order valence-corrected chi connectivity index (χ2v) is 7.29. The van der Waals surface area contributed by atoms with Gasteiger partial charge in [0.15, 0.2) is 0 Å². The average molecular weight is 348 g/mol. The molecule has 0 aromatic heterocycles. The van der Waals surface area contributed by atoms with Gasteiger partial charge in [0.25, 0.3) is 0 Å². The lowest BCUT2D eigenvalue weighted by molar-refractivity contribution is 0.0326. The highest BCUT2D eigenvalue weighted by atomic mass is 16.5. The van der Waals surface area contributed by atoms with Gasteiger partial charge in [-0.15, -0.1) is 0 Å². The van der Waals surface area contributed by atoms with E-state index < -0.39 is 0 Å². The van der Waals surface area contributed by atoms with Crippen LogP contribution in [0, 0.1) is 0 Å². The molecule has 5 nitrogen and oxygen atoms in total. The Bertz CT molecular complexity index is 523. The van der Waals surface area contributed by atoms with Gasteiger partial charge in [0, 0.05) is 50.9 Å². The molecular formula is C20H32N2O3. The van der Waals surface area contributed by atoms with Gasteiger partial charge in [0.2, 0.25) is 0 Å². The second-order valence-electron chi connectivity index (χ2n) is 7.29. The van der Waals surface area contributed by atoms with Crippen LogP contribution in [0.5, 0.6) is 11.5 Å². The van der Waals surface area contributed by atoms with Gasteiger partial charge < -0.3 is 14.6 Å². The van der Waals surface area contributed by atoms with E-state index >= 15 is 0 Å². The average Bonchev–Trinajstić information content (AvgIpc) is 3.17. The molecule has 1 heterocycles. The Morgan fingerprint density at radius 2 is 1.72 bits per heavy atom. The Balaban J connectivity index is 1.68. The molecule has 140 valence electrons. The van der Waals surface area contributed by atoms with Crippen molar-refractivity contribution in [2.45, 2.75) is 50.7 Å². The van der Waals surface area contributed by atoms with Gasteiger partial charge >= 0.3 is 0 Å². The van der Waals surface area contributed by atoms with E-state index in [4.69, 9.17) is 9.47 Å². The van der Waals surface area contributed by atoms with Crippen LogP contribution in [0.4, 0.5) is 0 Å². The molecule has 0 amide bonds. The van der Waals surface area contributed by atoms with Crippen LogP contribution in [-0.2, 0) is 6.54 Å². The molecule has 0 unspecified atom stereocenters. The van der Waals surface area contributed by atoms with Crippen molar-refractivity contribution in [1.82, 2.24) is 9.80 Å². The van der Waals surface area contributed by atoms with Crippen LogP contribution >= 0.6 is 0 Å². The van der Waals surface area contributed by atoms with Gasteiger partial charge in [-0.25, -0.2) is 0 Å². The predicted molar refractivity (Wildman–Crippen MR) is 99.3 cm³/mol. The molecule has 2 fully saturated rings. The summed E-state index contributed by atoms with van der Waals surface area (Å²) in [4.78, 5) is 5.17. The van der Waals surface area contributed by atoms with E-state index in [1.165, 1.54) is 31.2 Å². The smallest absolute Gasteiger partial charge is 0.122 e. The molecule has 5 heteroatoms. The number of aliphatic hydroxyl groups is 1. The number of ether oxygens (including phenoxy) is 2. The van der Waals surface area contributed by atoms with Crippen molar-refractivity contribution in [3.63, 3.8) is 0 Å². The molecule has 0 spiro atoms. The highest BCUT2D eigenvalue weighted by molar-refractivity contribution is 5.38. The molecule has 2 aliphatic rings. The Labute approximate surface area is 151 Å². The van der Waals surface area contributed by atoms with Crippen molar-refractivity contribution >= 4 is 0 Å². The largest absolute Gasteiger partial charge is 0.497 e. The summed E-state index contributed by atoms with van der Waals surface area (Å²) < 4.78 is 10.8. The first-order valence-corrected chi connectivity index (χ1v) is 9.54. The summed E-state index contributed by atoms with van der Waals surface area (Å²) in [6, 6.07) is 7.26. The number of hydrogen-bond donors (Lipinski definition) is 1. The number of hydrogen-bond acceptors (Lipinski definition) is 5. The molecule has 3 rings (SSSR count). The first-order valence-electron chi connectivity index (χ1n) is 9.54. The van der Waals surface area contributed by atoms with Crippen molar-refractivity contribution in [2.75, 3.05) is 40.5 Å². The molecule has 1 N–H and O–H groups in total. The summed E-state index contributed by atoms with van der Waals surface area (Å²) in [7, 11) is 3.38. The van der Waals surface area contributed by atoms with E-state index in [9.17, 15) is 5.11 Å². The predicted octanol–water partition coefficient (Wildman–Crippen LogP) is 2.52. The highest BCUT2D eigenvalue weighted by Crippen LogP contribution is 2.28. The summed E-state index contributed by atoms with van der Waals surface area (Å²) in [6.45, 7) is 4.39. The Morgan fingerprint density at radius 3 is 2.32 bits per heavy atom. The zero-order chi connectivity index (χ0) is 17.6. The summed E-state index contributed by atoms with van der Waals surface area (Å²) in [6.07, 6.45) is 6.28. The SMILES string of the molecule is COc1cc(CN2CCN(C3CCCC3)C[C@H]2CCO)cc(OC)c1. The molecule has 1 aliphatic heterocycles. The van der Waals surface area contributed by atoms with Crippen LogP contribution in [0.3, 0.4) is 0 Å². The molecular weight excluding hydrogens is 316 g/mol. The summed E-state index contributed by atoms with van der Waals surface area (Å²) >= 11 is 0. The topological polar surface area (TPSA) is 45.2 Å². The minimum Gasteiger partial charge on any atom is -0.497 e. The van der Waals surface area contributed by atoms with Crippen LogP contribution in [0.2, 0.25) is 0 Å². The quantitative estimate of drug-likeness (QED) is 0.820. The van der Waals surface area contributed by atoms with Crippen molar-refractivity contribution < 1.29 is 14.6 Å². The van der Waals surface area contributed by atoms with Gasteiger partial charge in [-0.05, 0) is 37.0 Å². The normalized spacial score (nSPS) is 23.1. The molecule has 0 radical (unpaired) electrons.